The predicted octanol–water partition coefficient (Wildman–Crippen LogP) is 2.38. The molecular formula is C16H28N4. The van der Waals surface area contributed by atoms with Gasteiger partial charge in [-0.05, 0) is 44.3 Å². The molecule has 2 heterocycles. The van der Waals surface area contributed by atoms with Crippen LogP contribution >= 0.6 is 0 Å². The molecule has 1 atom stereocenters. The van der Waals surface area contributed by atoms with Crippen LogP contribution < -0.4 is 0 Å². The molecule has 1 saturated carbocycles. The lowest BCUT2D eigenvalue weighted by Crippen LogP contribution is -2.40. The smallest absolute Gasteiger partial charge is 0.0662 e. The van der Waals surface area contributed by atoms with Crippen LogP contribution in [0.15, 0.2) is 12.3 Å². The van der Waals surface area contributed by atoms with E-state index in [1.807, 2.05) is 6.20 Å². The minimum absolute atomic E-state index is 0.563. The van der Waals surface area contributed by atoms with Gasteiger partial charge in [0, 0.05) is 32.4 Å². The van der Waals surface area contributed by atoms with Crippen LogP contribution in [-0.4, -0.2) is 52.3 Å². The van der Waals surface area contributed by atoms with Crippen LogP contribution in [0.4, 0.5) is 0 Å². The fraction of sp³-hybridized carbons (Fsp3) is 0.812. The maximum absolute atomic E-state index is 4.57. The van der Waals surface area contributed by atoms with E-state index in [1.54, 1.807) is 0 Å². The lowest BCUT2D eigenvalue weighted by Gasteiger charge is -2.35. The predicted molar refractivity (Wildman–Crippen MR) is 81.7 cm³/mol. The van der Waals surface area contributed by atoms with E-state index in [9.17, 15) is 0 Å². The molecule has 1 aromatic heterocycles. The zero-order valence-electron chi connectivity index (χ0n) is 13.0. The first kappa shape index (κ1) is 14.1. The first-order valence-electron chi connectivity index (χ1n) is 8.27. The number of aromatic nitrogens is 2. The van der Waals surface area contributed by atoms with Crippen molar-refractivity contribution >= 4 is 0 Å². The Morgan fingerprint density at radius 3 is 2.80 bits per heavy atom. The number of rotatable bonds is 7. The van der Waals surface area contributed by atoms with Crippen LogP contribution in [0.3, 0.4) is 0 Å². The van der Waals surface area contributed by atoms with Crippen LogP contribution in [0, 0.1) is 5.92 Å². The number of nitrogens with zero attached hydrogens (tertiary/aromatic N) is 4. The molecule has 0 spiro atoms. The normalized spacial score (nSPS) is 23.2. The van der Waals surface area contributed by atoms with E-state index in [0.29, 0.717) is 6.04 Å². The molecule has 0 aromatic carbocycles. The number of fused-ring (bicyclic) bond motifs is 1. The molecule has 4 heteroatoms. The third kappa shape index (κ3) is 3.23. The fourth-order valence-electron chi connectivity index (χ4n) is 3.35. The zero-order valence-corrected chi connectivity index (χ0v) is 13.0. The van der Waals surface area contributed by atoms with Gasteiger partial charge in [0.25, 0.3) is 0 Å². The average Bonchev–Trinajstić information content (AvgIpc) is 3.14. The van der Waals surface area contributed by atoms with Crippen molar-refractivity contribution in [2.45, 2.75) is 45.7 Å². The Morgan fingerprint density at radius 1 is 1.30 bits per heavy atom. The molecule has 1 aromatic rings. The van der Waals surface area contributed by atoms with Crippen LogP contribution in [0.5, 0.6) is 0 Å². The first-order chi connectivity index (χ1) is 9.80. The molecule has 2 aliphatic rings. The minimum Gasteiger partial charge on any atom is -0.304 e. The van der Waals surface area contributed by atoms with Crippen molar-refractivity contribution in [2.24, 2.45) is 5.92 Å². The molecule has 1 unspecified atom stereocenters. The summed E-state index contributed by atoms with van der Waals surface area (Å²) in [6.07, 6.45) is 6.08. The van der Waals surface area contributed by atoms with Gasteiger partial charge in [-0.2, -0.15) is 5.10 Å². The molecule has 1 fully saturated rings. The van der Waals surface area contributed by atoms with E-state index < -0.39 is 0 Å². The SMILES string of the molecule is CCN(CC)CCC1CN(CC2CC2)Cc2ccnn21. The summed E-state index contributed by atoms with van der Waals surface area (Å²) in [5, 5.41) is 4.57. The Bertz CT molecular complexity index is 420. The molecule has 0 radical (unpaired) electrons. The quantitative estimate of drug-likeness (QED) is 0.764. The summed E-state index contributed by atoms with van der Waals surface area (Å²) in [5.41, 5.74) is 1.40. The van der Waals surface area contributed by atoms with Gasteiger partial charge in [0.05, 0.1) is 11.7 Å². The molecule has 4 nitrogen and oxygen atoms in total. The van der Waals surface area contributed by atoms with Crippen molar-refractivity contribution in [3.8, 4) is 0 Å². The van der Waals surface area contributed by atoms with Crippen LogP contribution in [0.25, 0.3) is 0 Å². The highest BCUT2D eigenvalue weighted by Crippen LogP contribution is 2.32. The second-order valence-corrected chi connectivity index (χ2v) is 6.37. The van der Waals surface area contributed by atoms with Gasteiger partial charge in [-0.15, -0.1) is 0 Å². The molecule has 1 aliphatic heterocycles. The molecule has 112 valence electrons. The van der Waals surface area contributed by atoms with E-state index in [-0.39, 0.29) is 0 Å². The molecule has 0 saturated heterocycles. The van der Waals surface area contributed by atoms with Gasteiger partial charge in [-0.1, -0.05) is 13.8 Å². The molecule has 0 N–H and O–H groups in total. The van der Waals surface area contributed by atoms with Crippen molar-refractivity contribution in [1.82, 2.24) is 19.6 Å². The molecular weight excluding hydrogens is 248 g/mol. The average molecular weight is 276 g/mol. The van der Waals surface area contributed by atoms with Crippen molar-refractivity contribution in [3.05, 3.63) is 18.0 Å². The fourth-order valence-corrected chi connectivity index (χ4v) is 3.35. The first-order valence-corrected chi connectivity index (χ1v) is 8.27. The highest BCUT2D eigenvalue weighted by atomic mass is 15.4. The summed E-state index contributed by atoms with van der Waals surface area (Å²) in [4.78, 5) is 5.17. The summed E-state index contributed by atoms with van der Waals surface area (Å²) in [6, 6.07) is 2.76. The van der Waals surface area contributed by atoms with Crippen LogP contribution in [0.1, 0.15) is 44.8 Å². The van der Waals surface area contributed by atoms with Crippen molar-refractivity contribution in [3.63, 3.8) is 0 Å². The minimum atomic E-state index is 0.563. The molecule has 3 rings (SSSR count). The summed E-state index contributed by atoms with van der Waals surface area (Å²) in [5.74, 6) is 0.980. The van der Waals surface area contributed by atoms with E-state index in [1.165, 1.54) is 44.6 Å². The summed E-state index contributed by atoms with van der Waals surface area (Å²) >= 11 is 0. The highest BCUT2D eigenvalue weighted by Gasteiger charge is 2.30. The highest BCUT2D eigenvalue weighted by molar-refractivity contribution is 5.05. The molecule has 0 bridgehead atoms. The van der Waals surface area contributed by atoms with Gasteiger partial charge in [-0.25, -0.2) is 0 Å². The van der Waals surface area contributed by atoms with E-state index >= 15 is 0 Å². The second-order valence-electron chi connectivity index (χ2n) is 6.37. The Morgan fingerprint density at radius 2 is 2.10 bits per heavy atom. The maximum atomic E-state index is 4.57. The van der Waals surface area contributed by atoms with Crippen molar-refractivity contribution < 1.29 is 0 Å². The standard InChI is InChI=1S/C16H28N4/c1-3-18(4-2)10-8-16-13-19(11-14-5-6-14)12-15-7-9-17-20(15)16/h7,9,14,16H,3-6,8,10-13H2,1-2H3. The van der Waals surface area contributed by atoms with E-state index in [0.717, 1.165) is 25.6 Å². The Balaban J connectivity index is 1.62. The second kappa shape index (κ2) is 6.27. The summed E-state index contributed by atoms with van der Waals surface area (Å²) in [7, 11) is 0. The lowest BCUT2D eigenvalue weighted by molar-refractivity contribution is 0.151. The Kier molecular flexibility index (Phi) is 4.41. The van der Waals surface area contributed by atoms with E-state index in [4.69, 9.17) is 0 Å². The Hall–Kier alpha value is -0.870. The van der Waals surface area contributed by atoms with Crippen LogP contribution in [0.2, 0.25) is 0 Å². The third-order valence-electron chi connectivity index (χ3n) is 4.84. The van der Waals surface area contributed by atoms with Gasteiger partial charge < -0.3 is 4.90 Å². The molecule has 20 heavy (non-hydrogen) atoms. The number of hydrogen-bond acceptors (Lipinski definition) is 3. The third-order valence-corrected chi connectivity index (χ3v) is 4.84. The lowest BCUT2D eigenvalue weighted by atomic mass is 10.1. The van der Waals surface area contributed by atoms with Gasteiger partial charge in [0.1, 0.15) is 0 Å². The van der Waals surface area contributed by atoms with Crippen molar-refractivity contribution in [1.29, 1.82) is 0 Å². The van der Waals surface area contributed by atoms with Gasteiger partial charge >= 0.3 is 0 Å². The Labute approximate surface area is 122 Å². The van der Waals surface area contributed by atoms with Gasteiger partial charge in [-0.3, -0.25) is 9.58 Å². The maximum Gasteiger partial charge on any atom is 0.0662 e. The number of hydrogen-bond donors (Lipinski definition) is 0. The summed E-state index contributed by atoms with van der Waals surface area (Å²) in [6.45, 7) is 11.6. The topological polar surface area (TPSA) is 24.3 Å². The monoisotopic (exact) mass is 276 g/mol. The van der Waals surface area contributed by atoms with E-state index in [2.05, 4.69) is 39.5 Å². The van der Waals surface area contributed by atoms with Crippen molar-refractivity contribution in [2.75, 3.05) is 32.7 Å². The largest absolute Gasteiger partial charge is 0.304 e. The van der Waals surface area contributed by atoms with Crippen LogP contribution in [-0.2, 0) is 6.54 Å². The molecule has 1 aliphatic carbocycles. The zero-order chi connectivity index (χ0) is 13.9. The summed E-state index contributed by atoms with van der Waals surface area (Å²) < 4.78 is 2.28. The van der Waals surface area contributed by atoms with Gasteiger partial charge in [0.15, 0.2) is 0 Å². The van der Waals surface area contributed by atoms with Gasteiger partial charge in [0.2, 0.25) is 0 Å². The molecule has 0 amide bonds.